The van der Waals surface area contributed by atoms with E-state index in [1.165, 1.54) is 12.1 Å². The summed E-state index contributed by atoms with van der Waals surface area (Å²) in [5, 5.41) is 11.1. The van der Waals surface area contributed by atoms with Crippen LogP contribution in [0.25, 0.3) is 0 Å². The van der Waals surface area contributed by atoms with Crippen molar-refractivity contribution in [1.29, 1.82) is 0 Å². The summed E-state index contributed by atoms with van der Waals surface area (Å²) in [6, 6.07) is 11.3. The van der Waals surface area contributed by atoms with Crippen molar-refractivity contribution in [3.8, 4) is 5.75 Å². The van der Waals surface area contributed by atoms with Crippen molar-refractivity contribution in [3.63, 3.8) is 0 Å². The minimum Gasteiger partial charge on any atom is -0.469 e. The lowest BCUT2D eigenvalue weighted by Gasteiger charge is -2.30. The van der Waals surface area contributed by atoms with Gasteiger partial charge in [0.15, 0.2) is 5.75 Å². The first-order valence-electron chi connectivity index (χ1n) is 9.43. The fourth-order valence-corrected chi connectivity index (χ4v) is 2.86. The molecule has 0 saturated carbocycles. The highest BCUT2D eigenvalue weighted by Gasteiger charge is 2.41. The van der Waals surface area contributed by atoms with Crippen molar-refractivity contribution in [2.45, 2.75) is 19.4 Å². The third-order valence-electron chi connectivity index (χ3n) is 4.23. The Morgan fingerprint density at radius 3 is 2.67 bits per heavy atom. The lowest BCUT2D eigenvalue weighted by Crippen LogP contribution is -2.45. The molecule has 10 heteroatoms. The maximum atomic E-state index is 13.1. The summed E-state index contributed by atoms with van der Waals surface area (Å²) >= 11 is 0. The molecule has 2 heterocycles. The van der Waals surface area contributed by atoms with Crippen LogP contribution in [0, 0.1) is 10.1 Å². The molecule has 0 radical (unpaired) electrons. The van der Waals surface area contributed by atoms with E-state index in [9.17, 15) is 19.7 Å². The molecule has 0 N–H and O–H groups in total. The van der Waals surface area contributed by atoms with E-state index in [4.69, 9.17) is 14.2 Å². The number of hydrogen-bond acceptors (Lipinski definition) is 8. The highest BCUT2D eigenvalue weighted by molar-refractivity contribution is 6.02. The Morgan fingerprint density at radius 2 is 1.97 bits per heavy atom. The van der Waals surface area contributed by atoms with Gasteiger partial charge in [0.1, 0.15) is 13.2 Å². The summed E-state index contributed by atoms with van der Waals surface area (Å²) in [5.41, 5.74) is 0.581. The minimum absolute atomic E-state index is 0.0364. The fraction of sp³-hybridized carbons (Fsp3) is 0.350. The Labute approximate surface area is 172 Å². The molecule has 0 saturated heterocycles. The number of aromatic nitrogens is 1. The van der Waals surface area contributed by atoms with E-state index in [1.807, 2.05) is 6.92 Å². The summed E-state index contributed by atoms with van der Waals surface area (Å²) < 4.78 is 16.1. The van der Waals surface area contributed by atoms with Crippen LogP contribution in [0.3, 0.4) is 0 Å². The number of nitrogens with zero attached hydrogens (tertiary/aromatic N) is 3. The molecule has 1 aliphatic rings. The average molecular weight is 415 g/mol. The molecule has 1 aromatic carbocycles. The number of nitro groups is 1. The Hall–Kier alpha value is -3.53. The predicted molar refractivity (Wildman–Crippen MR) is 105 cm³/mol. The molecular formula is C20H21N3O7. The van der Waals surface area contributed by atoms with Crippen LogP contribution in [0.5, 0.6) is 5.75 Å². The molecule has 2 aromatic rings. The highest BCUT2D eigenvalue weighted by atomic mass is 16.6. The molecule has 10 nitrogen and oxygen atoms in total. The van der Waals surface area contributed by atoms with Crippen LogP contribution in [0.1, 0.15) is 25.0 Å². The van der Waals surface area contributed by atoms with Crippen molar-refractivity contribution in [2.75, 3.05) is 31.3 Å². The first kappa shape index (κ1) is 21.2. The third-order valence-corrected chi connectivity index (χ3v) is 4.23. The van der Waals surface area contributed by atoms with Crippen LogP contribution in [0.15, 0.2) is 42.5 Å². The van der Waals surface area contributed by atoms with Crippen molar-refractivity contribution in [3.05, 3.63) is 58.1 Å². The van der Waals surface area contributed by atoms with Gasteiger partial charge in [0.05, 0.1) is 6.61 Å². The maximum absolute atomic E-state index is 13.1. The number of ether oxygens (including phenoxy) is 3. The molecule has 1 amide bonds. The molecule has 0 bridgehead atoms. The Balaban J connectivity index is 1.83. The monoisotopic (exact) mass is 415 g/mol. The van der Waals surface area contributed by atoms with Crippen molar-refractivity contribution in [1.82, 2.24) is 4.98 Å². The topological polar surface area (TPSA) is 121 Å². The first-order valence-corrected chi connectivity index (χ1v) is 9.43. The van der Waals surface area contributed by atoms with Crippen LogP contribution < -0.4 is 9.64 Å². The van der Waals surface area contributed by atoms with Gasteiger partial charge in [0.25, 0.3) is 11.7 Å². The van der Waals surface area contributed by atoms with Gasteiger partial charge in [-0.3, -0.25) is 14.5 Å². The number of anilines is 1. The Morgan fingerprint density at radius 1 is 1.20 bits per heavy atom. The van der Waals surface area contributed by atoms with Gasteiger partial charge < -0.3 is 24.3 Å². The number of rotatable bonds is 9. The molecule has 1 atom stereocenters. The van der Waals surface area contributed by atoms with E-state index in [0.717, 1.165) is 11.3 Å². The zero-order valence-electron chi connectivity index (χ0n) is 16.4. The van der Waals surface area contributed by atoms with E-state index in [2.05, 4.69) is 4.98 Å². The van der Waals surface area contributed by atoms with E-state index in [0.29, 0.717) is 12.2 Å². The van der Waals surface area contributed by atoms with Crippen LogP contribution in [0.2, 0.25) is 0 Å². The van der Waals surface area contributed by atoms with E-state index >= 15 is 0 Å². The molecule has 3 rings (SSSR count). The lowest BCUT2D eigenvalue weighted by molar-refractivity contribution is -0.389. The van der Waals surface area contributed by atoms with Gasteiger partial charge in [-0.2, -0.15) is 0 Å². The normalized spacial score (nSPS) is 15.3. The van der Waals surface area contributed by atoms with Gasteiger partial charge in [-0.1, -0.05) is 37.3 Å². The van der Waals surface area contributed by atoms with Crippen LogP contribution >= 0.6 is 0 Å². The number of carbonyl (C=O) groups excluding carboxylic acids is 2. The predicted octanol–water partition coefficient (Wildman–Crippen LogP) is 2.43. The standard InChI is InChI=1S/C20H21N3O7/c1-2-10-28-11-12-29-17(24)13-22-19-15(8-9-16(21-19)23(26)27)30-18(20(22)25)14-6-4-3-5-7-14/h3-9,18H,2,10-13H2,1H3. The quantitative estimate of drug-likeness (QED) is 0.265. The van der Waals surface area contributed by atoms with Crippen LogP contribution in [0.4, 0.5) is 11.6 Å². The molecular weight excluding hydrogens is 394 g/mol. The molecule has 1 aromatic heterocycles. The number of pyridine rings is 1. The van der Waals surface area contributed by atoms with Crippen LogP contribution in [-0.4, -0.2) is 48.1 Å². The third kappa shape index (κ3) is 4.90. The number of benzene rings is 1. The minimum atomic E-state index is -1.01. The highest BCUT2D eigenvalue weighted by Crippen LogP contribution is 2.38. The van der Waals surface area contributed by atoms with Gasteiger partial charge >= 0.3 is 11.8 Å². The number of fused-ring (bicyclic) bond motifs is 1. The first-order chi connectivity index (χ1) is 14.5. The average Bonchev–Trinajstić information content (AvgIpc) is 2.75. The van der Waals surface area contributed by atoms with E-state index in [-0.39, 0.29) is 24.8 Å². The van der Waals surface area contributed by atoms with Gasteiger partial charge in [0, 0.05) is 18.2 Å². The maximum Gasteiger partial charge on any atom is 0.366 e. The zero-order valence-corrected chi connectivity index (χ0v) is 16.4. The summed E-state index contributed by atoms with van der Waals surface area (Å²) in [7, 11) is 0. The Kier molecular flexibility index (Phi) is 6.91. The van der Waals surface area contributed by atoms with Gasteiger partial charge in [0.2, 0.25) is 6.10 Å². The summed E-state index contributed by atoms with van der Waals surface area (Å²) in [6.45, 7) is 2.33. The number of amides is 1. The van der Waals surface area contributed by atoms with Crippen LogP contribution in [-0.2, 0) is 19.1 Å². The number of hydrogen-bond donors (Lipinski definition) is 0. The van der Waals surface area contributed by atoms with E-state index < -0.39 is 35.3 Å². The Bertz CT molecular complexity index is 920. The summed E-state index contributed by atoms with van der Waals surface area (Å²) in [5.74, 6) is -1.65. The SMILES string of the molecule is CCCOCCOC(=O)CN1C(=O)C(c2ccccc2)Oc2ccc([N+](=O)[O-])nc21. The molecule has 0 fully saturated rings. The molecule has 30 heavy (non-hydrogen) atoms. The smallest absolute Gasteiger partial charge is 0.366 e. The van der Waals surface area contributed by atoms with Gasteiger partial charge in [-0.25, -0.2) is 0 Å². The number of esters is 1. The molecule has 1 aliphatic heterocycles. The van der Waals surface area contributed by atoms with Crippen molar-refractivity contribution in [2.24, 2.45) is 0 Å². The summed E-state index contributed by atoms with van der Waals surface area (Å²) in [4.78, 5) is 40.7. The van der Waals surface area contributed by atoms with E-state index in [1.54, 1.807) is 30.3 Å². The number of carbonyl (C=O) groups is 2. The molecule has 1 unspecified atom stereocenters. The lowest BCUT2D eigenvalue weighted by atomic mass is 10.1. The summed E-state index contributed by atoms with van der Waals surface area (Å²) in [6.07, 6.45) is -0.166. The van der Waals surface area contributed by atoms with Gasteiger partial charge in [-0.05, 0) is 22.4 Å². The second-order valence-electron chi connectivity index (χ2n) is 6.41. The second-order valence-corrected chi connectivity index (χ2v) is 6.41. The zero-order chi connectivity index (χ0) is 21.5. The van der Waals surface area contributed by atoms with Gasteiger partial charge in [-0.15, -0.1) is 0 Å². The fourth-order valence-electron chi connectivity index (χ4n) is 2.86. The van der Waals surface area contributed by atoms with Crippen molar-refractivity contribution < 1.29 is 28.7 Å². The van der Waals surface area contributed by atoms with Crippen molar-refractivity contribution >= 4 is 23.5 Å². The molecule has 0 spiro atoms. The largest absolute Gasteiger partial charge is 0.469 e. The second kappa shape index (κ2) is 9.79. The molecule has 0 aliphatic carbocycles. The molecule has 158 valence electrons.